The number of nitrogens with two attached hydrogens (primary N) is 1. The Balaban J connectivity index is 2.02. The molecular weight excluding hydrogens is 236 g/mol. The van der Waals surface area contributed by atoms with E-state index in [1.165, 1.54) is 32.1 Å². The van der Waals surface area contributed by atoms with Crippen LogP contribution in [-0.4, -0.2) is 16.5 Å². The highest BCUT2D eigenvalue weighted by molar-refractivity contribution is 5.45. The molecule has 4 heteroatoms. The van der Waals surface area contributed by atoms with Gasteiger partial charge in [0.1, 0.15) is 17.5 Å². The van der Waals surface area contributed by atoms with E-state index in [2.05, 4.69) is 36.1 Å². The summed E-state index contributed by atoms with van der Waals surface area (Å²) in [6.45, 7) is 7.51. The molecule has 1 aromatic heterocycles. The summed E-state index contributed by atoms with van der Waals surface area (Å²) in [6.07, 6.45) is 6.69. The van der Waals surface area contributed by atoms with Gasteiger partial charge in [-0.3, -0.25) is 0 Å². The fourth-order valence-corrected chi connectivity index (χ4v) is 2.72. The van der Waals surface area contributed by atoms with E-state index < -0.39 is 0 Å². The Morgan fingerprint density at radius 2 is 1.95 bits per heavy atom. The van der Waals surface area contributed by atoms with Gasteiger partial charge in [-0.25, -0.2) is 9.97 Å². The van der Waals surface area contributed by atoms with Crippen molar-refractivity contribution < 1.29 is 0 Å². The van der Waals surface area contributed by atoms with Crippen molar-refractivity contribution in [3.63, 3.8) is 0 Å². The fraction of sp³-hybridized carbons (Fsp3) is 0.733. The third kappa shape index (κ3) is 3.82. The van der Waals surface area contributed by atoms with Crippen LogP contribution in [0.2, 0.25) is 0 Å². The van der Waals surface area contributed by atoms with E-state index in [-0.39, 0.29) is 0 Å². The second-order valence-electron chi connectivity index (χ2n) is 6.42. The number of nitrogens with one attached hydrogen (secondary N) is 1. The number of nitrogen functional groups attached to an aromatic ring is 1. The van der Waals surface area contributed by atoms with Crippen molar-refractivity contribution in [3.8, 4) is 0 Å². The molecule has 0 unspecified atom stereocenters. The number of rotatable bonds is 4. The molecule has 1 aliphatic rings. The zero-order chi connectivity index (χ0) is 13.9. The van der Waals surface area contributed by atoms with E-state index in [4.69, 9.17) is 5.73 Å². The molecule has 0 atom stereocenters. The normalized spacial score (nSPS) is 18.5. The molecule has 0 aliphatic heterocycles. The first-order chi connectivity index (χ1) is 8.98. The van der Waals surface area contributed by atoms with E-state index in [1.807, 2.05) is 6.07 Å². The van der Waals surface area contributed by atoms with E-state index in [9.17, 15) is 0 Å². The van der Waals surface area contributed by atoms with Crippen LogP contribution in [0.25, 0.3) is 0 Å². The number of aromatic nitrogens is 2. The monoisotopic (exact) mass is 262 g/mol. The van der Waals surface area contributed by atoms with Gasteiger partial charge in [0, 0.05) is 18.5 Å². The largest absolute Gasteiger partial charge is 0.384 e. The summed E-state index contributed by atoms with van der Waals surface area (Å²) < 4.78 is 0. The van der Waals surface area contributed by atoms with Gasteiger partial charge in [0.2, 0.25) is 0 Å². The summed E-state index contributed by atoms with van der Waals surface area (Å²) in [7, 11) is 0. The molecule has 2 rings (SSSR count). The molecule has 1 saturated carbocycles. The van der Waals surface area contributed by atoms with Gasteiger partial charge in [-0.2, -0.15) is 0 Å². The van der Waals surface area contributed by atoms with Crippen molar-refractivity contribution >= 4 is 11.6 Å². The van der Waals surface area contributed by atoms with E-state index in [1.54, 1.807) is 0 Å². The van der Waals surface area contributed by atoms with Gasteiger partial charge in [0.05, 0.1) is 0 Å². The van der Waals surface area contributed by atoms with Crippen LogP contribution < -0.4 is 11.1 Å². The minimum absolute atomic E-state index is 0.300. The lowest BCUT2D eigenvalue weighted by molar-refractivity contribution is 0.233. The molecule has 106 valence electrons. The minimum atomic E-state index is 0.300. The molecule has 19 heavy (non-hydrogen) atoms. The van der Waals surface area contributed by atoms with Crippen molar-refractivity contribution in [2.75, 3.05) is 17.6 Å². The predicted octanol–water partition coefficient (Wildman–Crippen LogP) is 3.56. The molecular formula is C15H26N4. The third-order valence-corrected chi connectivity index (χ3v) is 4.04. The predicted molar refractivity (Wildman–Crippen MR) is 80.2 cm³/mol. The summed E-state index contributed by atoms with van der Waals surface area (Å²) in [5.74, 6) is 2.53. The molecule has 1 aromatic rings. The van der Waals surface area contributed by atoms with Crippen LogP contribution in [0.5, 0.6) is 0 Å². The van der Waals surface area contributed by atoms with Crippen LogP contribution in [0.1, 0.15) is 64.6 Å². The summed E-state index contributed by atoms with van der Waals surface area (Å²) in [5, 5.41) is 3.46. The first-order valence-corrected chi connectivity index (χ1v) is 7.37. The van der Waals surface area contributed by atoms with Crippen LogP contribution in [0.15, 0.2) is 6.07 Å². The number of hydrogen-bond acceptors (Lipinski definition) is 4. The maximum absolute atomic E-state index is 5.85. The van der Waals surface area contributed by atoms with Crippen LogP contribution in [0.4, 0.5) is 11.6 Å². The molecule has 0 spiro atoms. The lowest BCUT2D eigenvalue weighted by atomic mass is 9.76. The molecule has 0 aromatic carbocycles. The highest BCUT2D eigenvalue weighted by Crippen LogP contribution is 2.35. The summed E-state index contributed by atoms with van der Waals surface area (Å²) in [5.41, 5.74) is 6.25. The Morgan fingerprint density at radius 1 is 1.26 bits per heavy atom. The molecule has 3 N–H and O–H groups in total. The lowest BCUT2D eigenvalue weighted by Gasteiger charge is -2.33. The van der Waals surface area contributed by atoms with E-state index >= 15 is 0 Å². The second-order valence-corrected chi connectivity index (χ2v) is 6.42. The maximum atomic E-state index is 5.85. The first-order valence-electron chi connectivity index (χ1n) is 7.37. The Morgan fingerprint density at radius 3 is 2.58 bits per heavy atom. The van der Waals surface area contributed by atoms with Gasteiger partial charge in [0.25, 0.3) is 0 Å². The van der Waals surface area contributed by atoms with Crippen molar-refractivity contribution in [2.45, 2.75) is 58.8 Å². The summed E-state index contributed by atoms with van der Waals surface area (Å²) in [6, 6.07) is 1.83. The van der Waals surface area contributed by atoms with Gasteiger partial charge in [-0.05, 0) is 18.3 Å². The highest BCUT2D eigenvalue weighted by atomic mass is 15.1. The molecule has 0 amide bonds. The van der Waals surface area contributed by atoms with Gasteiger partial charge < -0.3 is 11.1 Å². The summed E-state index contributed by atoms with van der Waals surface area (Å²) in [4.78, 5) is 8.82. The topological polar surface area (TPSA) is 63.8 Å². The number of anilines is 2. The van der Waals surface area contributed by atoms with E-state index in [0.29, 0.717) is 17.2 Å². The Bertz CT molecular complexity index is 422. The SMILES string of the molecule is CC(C)c1nc(N)cc(NCC2(C)CCCCC2)n1. The maximum Gasteiger partial charge on any atom is 0.135 e. The first kappa shape index (κ1) is 14.1. The average molecular weight is 262 g/mol. The molecule has 1 fully saturated rings. The second kappa shape index (κ2) is 5.76. The Kier molecular flexibility index (Phi) is 4.27. The molecule has 0 radical (unpaired) electrons. The standard InChI is InChI=1S/C15H26N4/c1-11(2)14-18-12(16)9-13(19-14)17-10-15(3)7-5-4-6-8-15/h9,11H,4-8,10H2,1-3H3,(H3,16,17,18,19). The van der Waals surface area contributed by atoms with Crippen molar-refractivity contribution in [3.05, 3.63) is 11.9 Å². The zero-order valence-electron chi connectivity index (χ0n) is 12.4. The van der Waals surface area contributed by atoms with Crippen LogP contribution in [0, 0.1) is 5.41 Å². The van der Waals surface area contributed by atoms with Crippen LogP contribution >= 0.6 is 0 Å². The quantitative estimate of drug-likeness (QED) is 0.870. The van der Waals surface area contributed by atoms with Crippen LogP contribution in [0.3, 0.4) is 0 Å². The average Bonchev–Trinajstić information content (AvgIpc) is 2.37. The minimum Gasteiger partial charge on any atom is -0.384 e. The molecule has 4 nitrogen and oxygen atoms in total. The Labute approximate surface area is 116 Å². The third-order valence-electron chi connectivity index (χ3n) is 4.04. The smallest absolute Gasteiger partial charge is 0.135 e. The number of hydrogen-bond donors (Lipinski definition) is 2. The fourth-order valence-electron chi connectivity index (χ4n) is 2.72. The highest BCUT2D eigenvalue weighted by Gasteiger charge is 2.26. The van der Waals surface area contributed by atoms with E-state index in [0.717, 1.165) is 18.2 Å². The molecule has 1 heterocycles. The molecule has 0 bridgehead atoms. The molecule has 1 aliphatic carbocycles. The zero-order valence-corrected chi connectivity index (χ0v) is 12.4. The van der Waals surface area contributed by atoms with Gasteiger partial charge in [0.15, 0.2) is 0 Å². The van der Waals surface area contributed by atoms with Crippen molar-refractivity contribution in [2.24, 2.45) is 5.41 Å². The lowest BCUT2D eigenvalue weighted by Crippen LogP contribution is -2.29. The van der Waals surface area contributed by atoms with Gasteiger partial charge in [-0.15, -0.1) is 0 Å². The van der Waals surface area contributed by atoms with Gasteiger partial charge >= 0.3 is 0 Å². The van der Waals surface area contributed by atoms with Crippen LogP contribution in [-0.2, 0) is 0 Å². The van der Waals surface area contributed by atoms with Crippen molar-refractivity contribution in [1.82, 2.24) is 9.97 Å². The molecule has 0 saturated heterocycles. The van der Waals surface area contributed by atoms with Gasteiger partial charge in [-0.1, -0.05) is 40.0 Å². The summed E-state index contributed by atoms with van der Waals surface area (Å²) >= 11 is 0. The van der Waals surface area contributed by atoms with Crippen molar-refractivity contribution in [1.29, 1.82) is 0 Å². The Hall–Kier alpha value is -1.32. The number of nitrogens with zero attached hydrogens (tertiary/aromatic N) is 2.